The number of likely N-dealkylation sites (tertiary alicyclic amines) is 1. The van der Waals surface area contributed by atoms with E-state index in [2.05, 4.69) is 15.1 Å². The summed E-state index contributed by atoms with van der Waals surface area (Å²) in [6.07, 6.45) is 5.62. The van der Waals surface area contributed by atoms with Crippen LogP contribution in [0.2, 0.25) is 0 Å². The van der Waals surface area contributed by atoms with Gasteiger partial charge in [0.05, 0.1) is 11.3 Å². The first kappa shape index (κ1) is 17.3. The molecule has 0 aliphatic carbocycles. The van der Waals surface area contributed by atoms with Crippen molar-refractivity contribution in [1.29, 1.82) is 0 Å². The average Bonchev–Trinajstić information content (AvgIpc) is 3.12. The molecule has 1 fully saturated rings. The zero-order valence-electron chi connectivity index (χ0n) is 15.2. The number of nitrogens with zero attached hydrogens (tertiary/aromatic N) is 4. The summed E-state index contributed by atoms with van der Waals surface area (Å²) < 4.78 is 1.47. The highest BCUT2D eigenvalue weighted by atomic mass is 16.2. The van der Waals surface area contributed by atoms with Crippen molar-refractivity contribution in [3.63, 3.8) is 0 Å². The largest absolute Gasteiger partial charge is 0.397 e. The lowest BCUT2D eigenvalue weighted by Gasteiger charge is -2.32. The van der Waals surface area contributed by atoms with Crippen molar-refractivity contribution in [2.75, 3.05) is 18.8 Å². The van der Waals surface area contributed by atoms with Gasteiger partial charge in [-0.1, -0.05) is 6.92 Å². The number of nitrogen functional groups attached to an aromatic ring is 1. The fraction of sp³-hybridized carbons (Fsp3) is 0.368. The molecule has 1 saturated heterocycles. The lowest BCUT2D eigenvalue weighted by molar-refractivity contribution is 0.0705. The van der Waals surface area contributed by atoms with Gasteiger partial charge in [0.2, 0.25) is 0 Å². The van der Waals surface area contributed by atoms with Crippen LogP contribution in [0.4, 0.5) is 5.69 Å². The van der Waals surface area contributed by atoms with Crippen LogP contribution in [0.1, 0.15) is 47.4 Å². The van der Waals surface area contributed by atoms with E-state index in [1.54, 1.807) is 18.3 Å². The maximum Gasteiger partial charge on any atom is 0.272 e. The van der Waals surface area contributed by atoms with Crippen molar-refractivity contribution < 1.29 is 4.79 Å². The molecule has 1 amide bonds. The number of rotatable bonds is 3. The standard InChI is InChI=1S/C19H22N6O2/c1-2-15-7-18(26)25-17(22-15)8-16(23-25)12-4-3-5-24(11-12)19(27)13-6-14(20)10-21-9-13/h6-10,12,23H,2-5,11,20H2,1H3/t12-/m0/s1. The van der Waals surface area contributed by atoms with Crippen molar-refractivity contribution >= 4 is 17.2 Å². The Morgan fingerprint density at radius 3 is 2.96 bits per heavy atom. The van der Waals surface area contributed by atoms with E-state index in [1.807, 2.05) is 17.9 Å². The molecule has 3 aromatic rings. The van der Waals surface area contributed by atoms with Gasteiger partial charge in [-0.25, -0.2) is 9.50 Å². The Balaban J connectivity index is 1.59. The van der Waals surface area contributed by atoms with Crippen LogP contribution in [0.5, 0.6) is 0 Å². The molecule has 0 spiro atoms. The lowest BCUT2D eigenvalue weighted by atomic mass is 9.94. The van der Waals surface area contributed by atoms with Crippen LogP contribution in [-0.2, 0) is 6.42 Å². The molecule has 4 heterocycles. The van der Waals surface area contributed by atoms with Gasteiger partial charge >= 0.3 is 0 Å². The molecule has 0 aromatic carbocycles. The van der Waals surface area contributed by atoms with E-state index in [1.165, 1.54) is 10.7 Å². The Bertz CT molecular complexity index is 1050. The van der Waals surface area contributed by atoms with Crippen molar-refractivity contribution in [3.8, 4) is 0 Å². The smallest absolute Gasteiger partial charge is 0.272 e. The number of hydrogen-bond acceptors (Lipinski definition) is 5. The molecule has 3 N–H and O–H groups in total. The van der Waals surface area contributed by atoms with Crippen LogP contribution in [0.25, 0.3) is 5.65 Å². The molecule has 140 valence electrons. The number of amides is 1. The Labute approximate surface area is 156 Å². The zero-order chi connectivity index (χ0) is 19.0. The van der Waals surface area contributed by atoms with Gasteiger partial charge in [-0.3, -0.25) is 19.7 Å². The fourth-order valence-electron chi connectivity index (χ4n) is 3.62. The highest BCUT2D eigenvalue weighted by Gasteiger charge is 2.27. The Morgan fingerprint density at radius 2 is 2.19 bits per heavy atom. The van der Waals surface area contributed by atoms with Gasteiger partial charge in [0, 0.05) is 54.9 Å². The summed E-state index contributed by atoms with van der Waals surface area (Å²) in [6.45, 7) is 3.25. The number of pyridine rings is 1. The molecule has 0 bridgehead atoms. The van der Waals surface area contributed by atoms with E-state index in [-0.39, 0.29) is 17.4 Å². The molecule has 8 nitrogen and oxygen atoms in total. The van der Waals surface area contributed by atoms with Gasteiger partial charge in [0.15, 0.2) is 5.65 Å². The van der Waals surface area contributed by atoms with Crippen LogP contribution >= 0.6 is 0 Å². The van der Waals surface area contributed by atoms with Crippen molar-refractivity contribution in [1.82, 2.24) is 24.5 Å². The second kappa shape index (κ2) is 6.86. The second-order valence-electron chi connectivity index (χ2n) is 6.94. The average molecular weight is 366 g/mol. The summed E-state index contributed by atoms with van der Waals surface area (Å²) in [5, 5.41) is 3.16. The first-order valence-corrected chi connectivity index (χ1v) is 9.16. The molecule has 3 aromatic heterocycles. The van der Waals surface area contributed by atoms with Crippen LogP contribution in [0.15, 0.2) is 35.4 Å². The summed E-state index contributed by atoms with van der Waals surface area (Å²) in [5.41, 5.74) is 8.93. The quantitative estimate of drug-likeness (QED) is 0.731. The van der Waals surface area contributed by atoms with E-state index >= 15 is 0 Å². The molecule has 27 heavy (non-hydrogen) atoms. The minimum Gasteiger partial charge on any atom is -0.397 e. The number of hydrogen-bond donors (Lipinski definition) is 2. The SMILES string of the molecule is CCc1cc(=O)n2[nH]c([C@H]3CCCN(C(=O)c4cncc(N)c4)C3)cc2n1. The van der Waals surface area contributed by atoms with Crippen LogP contribution < -0.4 is 11.3 Å². The molecule has 4 rings (SSSR count). The van der Waals surface area contributed by atoms with Crippen LogP contribution in [0, 0.1) is 0 Å². The van der Waals surface area contributed by atoms with E-state index in [0.717, 1.165) is 24.2 Å². The van der Waals surface area contributed by atoms with E-state index < -0.39 is 0 Å². The number of carbonyl (C=O) groups excluding carboxylic acids is 1. The van der Waals surface area contributed by atoms with Gasteiger partial charge in [-0.15, -0.1) is 0 Å². The molecule has 0 saturated carbocycles. The highest BCUT2D eigenvalue weighted by Crippen LogP contribution is 2.27. The third-order valence-corrected chi connectivity index (χ3v) is 5.04. The predicted octanol–water partition coefficient (Wildman–Crippen LogP) is 1.58. The number of carbonyl (C=O) groups is 1. The van der Waals surface area contributed by atoms with Gasteiger partial charge in [0.25, 0.3) is 11.5 Å². The Morgan fingerprint density at radius 1 is 1.33 bits per heavy atom. The third-order valence-electron chi connectivity index (χ3n) is 5.04. The van der Waals surface area contributed by atoms with Crippen molar-refractivity contribution in [3.05, 3.63) is 57.9 Å². The highest BCUT2D eigenvalue weighted by molar-refractivity contribution is 5.94. The van der Waals surface area contributed by atoms with Crippen LogP contribution in [-0.4, -0.2) is 43.5 Å². The number of aryl methyl sites for hydroxylation is 1. The molecular formula is C19H22N6O2. The zero-order valence-corrected chi connectivity index (χ0v) is 15.2. The summed E-state index contributed by atoms with van der Waals surface area (Å²) in [5.74, 6) is 0.0575. The van der Waals surface area contributed by atoms with Crippen LogP contribution in [0.3, 0.4) is 0 Å². The molecule has 0 unspecified atom stereocenters. The summed E-state index contributed by atoms with van der Waals surface area (Å²) >= 11 is 0. The van der Waals surface area contributed by atoms with E-state index in [0.29, 0.717) is 36.4 Å². The summed E-state index contributed by atoms with van der Waals surface area (Å²) in [4.78, 5) is 35.4. The maximum atomic E-state index is 12.8. The monoisotopic (exact) mass is 366 g/mol. The Kier molecular flexibility index (Phi) is 4.39. The van der Waals surface area contributed by atoms with Gasteiger partial charge in [-0.05, 0) is 25.3 Å². The molecule has 1 aliphatic heterocycles. The number of piperidine rings is 1. The first-order chi connectivity index (χ1) is 13.0. The maximum absolute atomic E-state index is 12.8. The molecule has 8 heteroatoms. The summed E-state index contributed by atoms with van der Waals surface area (Å²) in [7, 11) is 0. The number of anilines is 1. The van der Waals surface area contributed by atoms with Crippen molar-refractivity contribution in [2.24, 2.45) is 0 Å². The molecule has 1 aliphatic rings. The fourth-order valence-corrected chi connectivity index (χ4v) is 3.62. The normalized spacial score (nSPS) is 17.4. The first-order valence-electron chi connectivity index (χ1n) is 9.16. The van der Waals surface area contributed by atoms with Gasteiger partial charge in [-0.2, -0.15) is 0 Å². The number of aromatic nitrogens is 4. The topological polar surface area (TPSA) is 109 Å². The molecule has 1 atom stereocenters. The van der Waals surface area contributed by atoms with Gasteiger partial charge < -0.3 is 10.6 Å². The number of H-pyrrole nitrogens is 1. The molecule has 0 radical (unpaired) electrons. The van der Waals surface area contributed by atoms with Crippen molar-refractivity contribution in [2.45, 2.75) is 32.1 Å². The lowest BCUT2D eigenvalue weighted by Crippen LogP contribution is -2.39. The third kappa shape index (κ3) is 3.30. The second-order valence-corrected chi connectivity index (χ2v) is 6.94. The minimum atomic E-state index is -0.113. The van der Waals surface area contributed by atoms with E-state index in [4.69, 9.17) is 5.73 Å². The molecular weight excluding hydrogens is 344 g/mol. The van der Waals surface area contributed by atoms with Gasteiger partial charge in [0.1, 0.15) is 0 Å². The predicted molar refractivity (Wildman–Crippen MR) is 102 cm³/mol. The number of aromatic amines is 1. The number of nitrogens with one attached hydrogen (secondary N) is 1. The number of nitrogens with two attached hydrogens (primary N) is 1. The number of fused-ring (bicyclic) bond motifs is 1. The summed E-state index contributed by atoms with van der Waals surface area (Å²) in [6, 6.07) is 5.12. The minimum absolute atomic E-state index is 0.0702. The Hall–Kier alpha value is -3.16. The van der Waals surface area contributed by atoms with E-state index in [9.17, 15) is 9.59 Å².